The van der Waals surface area contributed by atoms with Gasteiger partial charge < -0.3 is 10.4 Å². The van der Waals surface area contributed by atoms with Gasteiger partial charge in [0.05, 0.1) is 6.42 Å². The number of hydrogen-bond acceptors (Lipinski definition) is 2. The van der Waals surface area contributed by atoms with Crippen molar-refractivity contribution in [3.05, 3.63) is 63.7 Å². The van der Waals surface area contributed by atoms with Crippen LogP contribution in [0.2, 0.25) is 0 Å². The molecule has 108 valence electrons. The highest BCUT2D eigenvalue weighted by atomic mass is 16.3. The van der Waals surface area contributed by atoms with Gasteiger partial charge in [-0.2, -0.15) is 0 Å². The summed E-state index contributed by atoms with van der Waals surface area (Å²) in [4.78, 5) is 11.6. The molecule has 1 unspecified atom stereocenters. The van der Waals surface area contributed by atoms with Gasteiger partial charge in [-0.05, 0) is 54.7 Å². The van der Waals surface area contributed by atoms with E-state index in [9.17, 15) is 9.90 Å². The van der Waals surface area contributed by atoms with Crippen LogP contribution in [0.15, 0.2) is 30.3 Å². The Morgan fingerprint density at radius 1 is 1.10 bits per heavy atom. The summed E-state index contributed by atoms with van der Waals surface area (Å²) in [5, 5.41) is 13.6. The van der Waals surface area contributed by atoms with E-state index >= 15 is 0 Å². The lowest BCUT2D eigenvalue weighted by Crippen LogP contribution is -2.06. The van der Waals surface area contributed by atoms with Crippen LogP contribution in [0.25, 0.3) is 0 Å². The van der Waals surface area contributed by atoms with Crippen LogP contribution in [-0.2, 0) is 11.2 Å². The van der Waals surface area contributed by atoms with Crippen LogP contribution >= 0.6 is 0 Å². The molecule has 0 aromatic heterocycles. The lowest BCUT2D eigenvalue weighted by Gasteiger charge is -2.18. The summed E-state index contributed by atoms with van der Waals surface area (Å²) in [6.07, 6.45) is -0.269. The number of carbonyl (C=O) groups excluding carboxylic acids is 1. The molecule has 0 fully saturated rings. The summed E-state index contributed by atoms with van der Waals surface area (Å²) >= 11 is 0. The molecule has 3 heteroatoms. The molecule has 3 rings (SSSR count). The van der Waals surface area contributed by atoms with Gasteiger partial charge in [-0.3, -0.25) is 4.79 Å². The number of fused-ring (bicyclic) bond motifs is 1. The van der Waals surface area contributed by atoms with Crippen molar-refractivity contribution in [3.63, 3.8) is 0 Å². The van der Waals surface area contributed by atoms with E-state index < -0.39 is 6.10 Å². The van der Waals surface area contributed by atoms with Gasteiger partial charge >= 0.3 is 0 Å². The highest BCUT2D eigenvalue weighted by Crippen LogP contribution is 2.35. The molecule has 1 aliphatic rings. The third-order valence-corrected chi connectivity index (χ3v) is 4.32. The van der Waals surface area contributed by atoms with Crippen molar-refractivity contribution in [2.75, 3.05) is 5.32 Å². The Morgan fingerprint density at radius 2 is 1.76 bits per heavy atom. The first-order valence-corrected chi connectivity index (χ1v) is 7.15. The van der Waals surface area contributed by atoms with E-state index in [1.54, 1.807) is 0 Å². The van der Waals surface area contributed by atoms with Gasteiger partial charge in [0.15, 0.2) is 0 Å². The lowest BCUT2D eigenvalue weighted by atomic mass is 9.91. The van der Waals surface area contributed by atoms with E-state index in [2.05, 4.69) is 5.32 Å². The van der Waals surface area contributed by atoms with E-state index in [1.807, 2.05) is 51.1 Å². The Hall–Kier alpha value is -2.13. The second kappa shape index (κ2) is 5.01. The summed E-state index contributed by atoms with van der Waals surface area (Å²) in [6.45, 7) is 6.01. The van der Waals surface area contributed by atoms with E-state index in [4.69, 9.17) is 0 Å². The van der Waals surface area contributed by atoms with E-state index in [-0.39, 0.29) is 5.91 Å². The zero-order valence-corrected chi connectivity index (χ0v) is 12.5. The van der Waals surface area contributed by atoms with Crippen molar-refractivity contribution in [3.8, 4) is 0 Å². The first-order valence-electron chi connectivity index (χ1n) is 7.15. The minimum Gasteiger partial charge on any atom is -0.384 e. The van der Waals surface area contributed by atoms with Crippen LogP contribution in [-0.4, -0.2) is 11.0 Å². The van der Waals surface area contributed by atoms with Gasteiger partial charge in [-0.1, -0.05) is 29.8 Å². The predicted octanol–water partition coefficient (Wildman–Crippen LogP) is 3.19. The number of benzene rings is 2. The molecule has 2 aromatic carbocycles. The maximum atomic E-state index is 11.6. The number of carbonyl (C=O) groups is 1. The number of nitrogens with one attached hydrogen (secondary N) is 1. The zero-order chi connectivity index (χ0) is 15.1. The largest absolute Gasteiger partial charge is 0.384 e. The van der Waals surface area contributed by atoms with Crippen LogP contribution in [0.3, 0.4) is 0 Å². The van der Waals surface area contributed by atoms with Gasteiger partial charge in [0.2, 0.25) is 5.91 Å². The summed E-state index contributed by atoms with van der Waals surface area (Å²) in [7, 11) is 0. The molecule has 0 bridgehead atoms. The van der Waals surface area contributed by atoms with Crippen molar-refractivity contribution in [2.24, 2.45) is 0 Å². The average Bonchev–Trinajstić information content (AvgIpc) is 2.84. The summed E-state index contributed by atoms with van der Waals surface area (Å²) < 4.78 is 0. The summed E-state index contributed by atoms with van der Waals surface area (Å²) in [5.74, 6) is 0.0227. The van der Waals surface area contributed by atoms with Gasteiger partial charge in [0.25, 0.3) is 0 Å². The molecule has 1 amide bonds. The Kier molecular flexibility index (Phi) is 3.30. The molecule has 3 nitrogen and oxygen atoms in total. The highest BCUT2D eigenvalue weighted by Gasteiger charge is 2.24. The number of anilines is 1. The lowest BCUT2D eigenvalue weighted by molar-refractivity contribution is -0.115. The minimum atomic E-state index is -0.662. The van der Waals surface area contributed by atoms with E-state index in [1.165, 1.54) is 5.56 Å². The van der Waals surface area contributed by atoms with Gasteiger partial charge in [0, 0.05) is 5.69 Å². The number of hydrogen-bond donors (Lipinski definition) is 2. The SMILES string of the molecule is Cc1ccc(C(O)c2cc3c(c(C)c2C)NC(=O)C3)cc1. The fourth-order valence-corrected chi connectivity index (χ4v) is 2.90. The smallest absolute Gasteiger partial charge is 0.228 e. The highest BCUT2D eigenvalue weighted by molar-refractivity contribution is 6.00. The third-order valence-electron chi connectivity index (χ3n) is 4.32. The van der Waals surface area contributed by atoms with Crippen molar-refractivity contribution in [1.29, 1.82) is 0 Å². The van der Waals surface area contributed by atoms with Gasteiger partial charge in [0.1, 0.15) is 6.10 Å². The third kappa shape index (κ3) is 2.34. The molecule has 1 heterocycles. The molecule has 0 spiro atoms. The fraction of sp³-hybridized carbons (Fsp3) is 0.278. The standard InChI is InChI=1S/C18H19NO2/c1-10-4-6-13(7-5-10)18(21)15-8-14-9-16(20)19-17(14)12(3)11(15)2/h4-8,18,21H,9H2,1-3H3,(H,19,20). The number of aryl methyl sites for hydroxylation is 1. The predicted molar refractivity (Wildman–Crippen MR) is 83.5 cm³/mol. The Bertz CT molecular complexity index is 717. The Labute approximate surface area is 124 Å². The molecule has 2 N–H and O–H groups in total. The molecule has 0 saturated carbocycles. The van der Waals surface area contributed by atoms with E-state index in [0.29, 0.717) is 6.42 Å². The fourth-order valence-electron chi connectivity index (χ4n) is 2.90. The molecular formula is C18H19NO2. The van der Waals surface area contributed by atoms with Gasteiger partial charge in [-0.15, -0.1) is 0 Å². The topological polar surface area (TPSA) is 49.3 Å². The molecule has 21 heavy (non-hydrogen) atoms. The zero-order valence-electron chi connectivity index (χ0n) is 12.5. The molecule has 0 saturated heterocycles. The monoisotopic (exact) mass is 281 g/mol. The molecule has 1 aliphatic heterocycles. The van der Waals surface area contributed by atoms with Crippen molar-refractivity contribution in [2.45, 2.75) is 33.3 Å². The van der Waals surface area contributed by atoms with Crippen LogP contribution in [0.1, 0.15) is 39.5 Å². The second-order valence-electron chi connectivity index (χ2n) is 5.79. The number of aliphatic hydroxyl groups is 1. The van der Waals surface area contributed by atoms with Crippen molar-refractivity contribution < 1.29 is 9.90 Å². The van der Waals surface area contributed by atoms with Crippen LogP contribution in [0.4, 0.5) is 5.69 Å². The molecule has 1 atom stereocenters. The minimum absolute atomic E-state index is 0.0227. The van der Waals surface area contributed by atoms with Crippen molar-refractivity contribution in [1.82, 2.24) is 0 Å². The summed E-state index contributed by atoms with van der Waals surface area (Å²) in [5.41, 5.74) is 6.89. The van der Waals surface area contributed by atoms with Crippen molar-refractivity contribution >= 4 is 11.6 Å². The van der Waals surface area contributed by atoms with Crippen LogP contribution in [0, 0.1) is 20.8 Å². The Morgan fingerprint density at radius 3 is 2.43 bits per heavy atom. The first kappa shape index (κ1) is 13.8. The average molecular weight is 281 g/mol. The normalized spacial score (nSPS) is 14.8. The molecule has 2 aromatic rings. The Balaban J connectivity index is 2.07. The molecule has 0 aliphatic carbocycles. The maximum Gasteiger partial charge on any atom is 0.228 e. The molecule has 0 radical (unpaired) electrons. The number of rotatable bonds is 2. The number of aliphatic hydroxyl groups excluding tert-OH is 1. The van der Waals surface area contributed by atoms with Crippen LogP contribution < -0.4 is 5.32 Å². The quantitative estimate of drug-likeness (QED) is 0.888. The molecular weight excluding hydrogens is 262 g/mol. The second-order valence-corrected chi connectivity index (χ2v) is 5.79. The maximum absolute atomic E-state index is 11.6. The van der Waals surface area contributed by atoms with Gasteiger partial charge in [-0.25, -0.2) is 0 Å². The van der Waals surface area contributed by atoms with E-state index in [0.717, 1.165) is 33.5 Å². The summed E-state index contributed by atoms with van der Waals surface area (Å²) in [6, 6.07) is 9.86. The first-order chi connectivity index (χ1) is 9.97. The van der Waals surface area contributed by atoms with Crippen LogP contribution in [0.5, 0.6) is 0 Å². The number of amides is 1.